The van der Waals surface area contributed by atoms with E-state index in [-0.39, 0.29) is 10.8 Å². The van der Waals surface area contributed by atoms with E-state index >= 15 is 0 Å². The Bertz CT molecular complexity index is 992. The van der Waals surface area contributed by atoms with Crippen LogP contribution < -0.4 is 9.62 Å². The van der Waals surface area contributed by atoms with Crippen molar-refractivity contribution in [1.29, 1.82) is 5.26 Å². The molecule has 3 rings (SSSR count). The van der Waals surface area contributed by atoms with Gasteiger partial charge in [0.2, 0.25) is 15.9 Å². The summed E-state index contributed by atoms with van der Waals surface area (Å²) in [4.78, 5) is 14.3. The zero-order chi connectivity index (χ0) is 18.9. The molecular formula is C19H19N3O3S. The highest BCUT2D eigenvalue weighted by Gasteiger charge is 2.35. The summed E-state index contributed by atoms with van der Waals surface area (Å²) in [5, 5.41) is 8.80. The van der Waals surface area contributed by atoms with Crippen LogP contribution in [0.25, 0.3) is 0 Å². The van der Waals surface area contributed by atoms with Crippen molar-refractivity contribution < 1.29 is 13.2 Å². The number of nitrogens with one attached hydrogen (secondary N) is 1. The third-order valence-corrected chi connectivity index (χ3v) is 6.09. The number of carbonyl (C=O) groups excluding carboxylic acids is 1. The van der Waals surface area contributed by atoms with Crippen molar-refractivity contribution in [1.82, 2.24) is 4.72 Å². The molecule has 1 fully saturated rings. The predicted octanol–water partition coefficient (Wildman–Crippen LogP) is 2.26. The summed E-state index contributed by atoms with van der Waals surface area (Å²) in [5.74, 6) is -0.259. The van der Waals surface area contributed by atoms with Gasteiger partial charge in [-0.15, -0.1) is 0 Å². The Hall–Kier alpha value is -2.69. The molecule has 1 amide bonds. The average Bonchev–Trinajstić information content (AvgIpc) is 2.97. The summed E-state index contributed by atoms with van der Waals surface area (Å²) in [7, 11) is -3.83. The van der Waals surface area contributed by atoms with Crippen LogP contribution >= 0.6 is 0 Å². The molecule has 1 saturated heterocycles. The van der Waals surface area contributed by atoms with Crippen LogP contribution in [0.3, 0.4) is 0 Å². The van der Waals surface area contributed by atoms with E-state index in [1.807, 2.05) is 38.1 Å². The van der Waals surface area contributed by atoms with Gasteiger partial charge in [-0.1, -0.05) is 6.07 Å². The molecule has 0 unspecified atom stereocenters. The van der Waals surface area contributed by atoms with Crippen molar-refractivity contribution in [2.24, 2.45) is 0 Å². The molecule has 1 aliphatic heterocycles. The van der Waals surface area contributed by atoms with Crippen molar-refractivity contribution >= 4 is 21.6 Å². The molecule has 0 spiro atoms. The minimum Gasteiger partial charge on any atom is -0.311 e. The molecule has 2 aromatic rings. The van der Waals surface area contributed by atoms with E-state index in [2.05, 4.69) is 4.72 Å². The molecule has 1 N–H and O–H groups in total. The maximum absolute atomic E-state index is 12.7. The van der Waals surface area contributed by atoms with Crippen LogP contribution in [-0.4, -0.2) is 26.9 Å². The molecule has 2 aromatic carbocycles. The fourth-order valence-electron chi connectivity index (χ4n) is 2.90. The zero-order valence-corrected chi connectivity index (χ0v) is 15.4. The Balaban J connectivity index is 1.77. The second kappa shape index (κ2) is 6.90. The lowest BCUT2D eigenvalue weighted by Gasteiger charge is -2.18. The normalized spacial score (nSPS) is 17.3. The standard InChI is InChI=1S/C19H19N3O3S/c1-13-3-6-16(11-14(13)2)22-10-9-18(19(22)23)21-26(24,25)17-7-4-15(12-20)5-8-17/h3-8,11,18,21H,9-10H2,1-2H3/t18-/m1/s1. The number of aryl methyl sites for hydroxylation is 2. The minimum atomic E-state index is -3.83. The van der Waals surface area contributed by atoms with E-state index in [9.17, 15) is 13.2 Å². The summed E-state index contributed by atoms with van der Waals surface area (Å²) in [6.45, 7) is 4.44. The second-order valence-electron chi connectivity index (χ2n) is 6.36. The van der Waals surface area contributed by atoms with E-state index in [1.165, 1.54) is 24.3 Å². The van der Waals surface area contributed by atoms with Crippen molar-refractivity contribution in [3.63, 3.8) is 0 Å². The van der Waals surface area contributed by atoms with Gasteiger partial charge in [0.25, 0.3) is 0 Å². The molecule has 1 heterocycles. The van der Waals surface area contributed by atoms with Crippen LogP contribution in [0.5, 0.6) is 0 Å². The third kappa shape index (κ3) is 3.47. The molecule has 1 atom stereocenters. The Labute approximate surface area is 153 Å². The van der Waals surface area contributed by atoms with Gasteiger partial charge in [0.05, 0.1) is 16.5 Å². The van der Waals surface area contributed by atoms with Crippen LogP contribution in [0.1, 0.15) is 23.1 Å². The fraction of sp³-hybridized carbons (Fsp3) is 0.263. The van der Waals surface area contributed by atoms with Crippen molar-refractivity contribution in [2.45, 2.75) is 31.2 Å². The zero-order valence-electron chi connectivity index (χ0n) is 14.6. The number of sulfonamides is 1. The molecule has 0 aliphatic carbocycles. The van der Waals surface area contributed by atoms with Crippen LogP contribution in [0.4, 0.5) is 5.69 Å². The number of benzene rings is 2. The first-order chi connectivity index (χ1) is 12.3. The molecule has 134 valence electrons. The summed E-state index contributed by atoms with van der Waals surface area (Å²) in [5.41, 5.74) is 3.37. The lowest BCUT2D eigenvalue weighted by molar-refractivity contribution is -0.118. The molecule has 26 heavy (non-hydrogen) atoms. The summed E-state index contributed by atoms with van der Waals surface area (Å²) < 4.78 is 27.5. The lowest BCUT2D eigenvalue weighted by atomic mass is 10.1. The van der Waals surface area contributed by atoms with E-state index < -0.39 is 16.1 Å². The van der Waals surface area contributed by atoms with Gasteiger partial charge in [-0.05, 0) is 67.8 Å². The highest BCUT2D eigenvalue weighted by atomic mass is 32.2. The Morgan fingerprint density at radius 1 is 1.12 bits per heavy atom. The summed E-state index contributed by atoms with van der Waals surface area (Å²) >= 11 is 0. The maximum atomic E-state index is 12.7. The molecule has 0 aromatic heterocycles. The number of nitriles is 1. The number of anilines is 1. The minimum absolute atomic E-state index is 0.0360. The Morgan fingerprint density at radius 3 is 2.42 bits per heavy atom. The van der Waals surface area contributed by atoms with Gasteiger partial charge < -0.3 is 4.90 Å². The molecule has 0 saturated carbocycles. The van der Waals surface area contributed by atoms with Crippen LogP contribution in [0.2, 0.25) is 0 Å². The number of carbonyl (C=O) groups is 1. The van der Waals surface area contributed by atoms with Gasteiger partial charge in [-0.2, -0.15) is 9.98 Å². The molecule has 7 heteroatoms. The monoisotopic (exact) mass is 369 g/mol. The highest BCUT2D eigenvalue weighted by Crippen LogP contribution is 2.25. The van der Waals surface area contributed by atoms with Crippen molar-refractivity contribution in [2.75, 3.05) is 11.4 Å². The number of amides is 1. The highest BCUT2D eigenvalue weighted by molar-refractivity contribution is 7.89. The average molecular weight is 369 g/mol. The van der Waals surface area contributed by atoms with Crippen LogP contribution in [-0.2, 0) is 14.8 Å². The first-order valence-electron chi connectivity index (χ1n) is 8.23. The second-order valence-corrected chi connectivity index (χ2v) is 8.07. The van der Waals surface area contributed by atoms with E-state index in [0.29, 0.717) is 18.5 Å². The SMILES string of the molecule is Cc1ccc(N2CC[C@@H](NS(=O)(=O)c3ccc(C#N)cc3)C2=O)cc1C. The molecule has 6 nitrogen and oxygen atoms in total. The van der Waals surface area contributed by atoms with E-state index in [1.54, 1.807) is 4.90 Å². The fourth-order valence-corrected chi connectivity index (χ4v) is 4.13. The van der Waals surface area contributed by atoms with E-state index in [4.69, 9.17) is 5.26 Å². The Morgan fingerprint density at radius 2 is 1.81 bits per heavy atom. The quantitative estimate of drug-likeness (QED) is 0.895. The summed E-state index contributed by atoms with van der Waals surface area (Å²) in [6.07, 6.45) is 0.404. The van der Waals surface area contributed by atoms with Gasteiger partial charge in [-0.3, -0.25) is 4.79 Å². The van der Waals surface area contributed by atoms with Crippen LogP contribution in [0.15, 0.2) is 47.4 Å². The molecule has 0 radical (unpaired) electrons. The number of nitrogens with zero attached hydrogens (tertiary/aromatic N) is 2. The van der Waals surface area contributed by atoms with Gasteiger partial charge >= 0.3 is 0 Å². The first-order valence-corrected chi connectivity index (χ1v) is 9.71. The van der Waals surface area contributed by atoms with Crippen molar-refractivity contribution in [3.8, 4) is 6.07 Å². The maximum Gasteiger partial charge on any atom is 0.245 e. The van der Waals surface area contributed by atoms with E-state index in [0.717, 1.165) is 16.8 Å². The first kappa shape index (κ1) is 18.1. The van der Waals surface area contributed by atoms with Crippen LogP contribution in [0, 0.1) is 25.2 Å². The van der Waals surface area contributed by atoms with Gasteiger partial charge in [-0.25, -0.2) is 8.42 Å². The molecular weight excluding hydrogens is 350 g/mol. The number of hydrogen-bond donors (Lipinski definition) is 1. The summed E-state index contributed by atoms with van der Waals surface area (Å²) in [6, 6.07) is 12.5. The Kier molecular flexibility index (Phi) is 4.81. The molecule has 0 bridgehead atoms. The topological polar surface area (TPSA) is 90.3 Å². The largest absolute Gasteiger partial charge is 0.311 e. The number of rotatable bonds is 4. The van der Waals surface area contributed by atoms with Crippen molar-refractivity contribution in [3.05, 3.63) is 59.2 Å². The van der Waals surface area contributed by atoms with Gasteiger partial charge in [0.15, 0.2) is 0 Å². The molecule has 1 aliphatic rings. The number of hydrogen-bond acceptors (Lipinski definition) is 4. The van der Waals surface area contributed by atoms with Gasteiger partial charge in [0, 0.05) is 12.2 Å². The third-order valence-electron chi connectivity index (χ3n) is 4.60. The smallest absolute Gasteiger partial charge is 0.245 e. The lowest BCUT2D eigenvalue weighted by Crippen LogP contribution is -2.41. The van der Waals surface area contributed by atoms with Gasteiger partial charge in [0.1, 0.15) is 6.04 Å². The predicted molar refractivity (Wildman–Crippen MR) is 98.2 cm³/mol.